The van der Waals surface area contributed by atoms with Gasteiger partial charge in [0.1, 0.15) is 0 Å². The summed E-state index contributed by atoms with van der Waals surface area (Å²) in [6.45, 7) is 9.04. The van der Waals surface area contributed by atoms with Crippen molar-refractivity contribution in [2.24, 2.45) is 0 Å². The van der Waals surface area contributed by atoms with E-state index in [9.17, 15) is 9.59 Å². The van der Waals surface area contributed by atoms with E-state index in [1.165, 1.54) is 0 Å². The number of amides is 2. The minimum Gasteiger partial charge on any atom is -0.450 e. The van der Waals surface area contributed by atoms with E-state index in [2.05, 4.69) is 20.1 Å². The summed E-state index contributed by atoms with van der Waals surface area (Å²) in [7, 11) is 0. The van der Waals surface area contributed by atoms with Gasteiger partial charge in [0.05, 0.1) is 12.8 Å². The highest BCUT2D eigenvalue weighted by Gasteiger charge is 2.25. The van der Waals surface area contributed by atoms with Crippen molar-refractivity contribution in [3.63, 3.8) is 0 Å². The molecule has 0 radical (unpaired) electrons. The molecule has 0 spiro atoms. The van der Waals surface area contributed by atoms with Crippen LogP contribution in [0.2, 0.25) is 0 Å². The van der Waals surface area contributed by atoms with Crippen LogP contribution >= 0.6 is 0 Å². The molecule has 2 saturated heterocycles. The normalized spacial score (nSPS) is 18.1. The highest BCUT2D eigenvalue weighted by Crippen LogP contribution is 2.17. The molecule has 26 heavy (non-hydrogen) atoms. The standard InChI is InChI=1S/C16H25N7O3/c1-3-26-16(25)23-10-8-22(9-11-23)15-18-14(12-17-19-15)21-6-4-20(5-7-21)13(2)24/h12H,3-11H2,1-2H3. The van der Waals surface area contributed by atoms with Crippen LogP contribution in [0.3, 0.4) is 0 Å². The smallest absolute Gasteiger partial charge is 0.409 e. The van der Waals surface area contributed by atoms with Gasteiger partial charge in [-0.15, -0.1) is 5.10 Å². The summed E-state index contributed by atoms with van der Waals surface area (Å²) >= 11 is 0. The van der Waals surface area contributed by atoms with Crippen LogP contribution in [-0.2, 0) is 9.53 Å². The Morgan fingerprint density at radius 1 is 1.00 bits per heavy atom. The lowest BCUT2D eigenvalue weighted by molar-refractivity contribution is -0.129. The van der Waals surface area contributed by atoms with E-state index in [-0.39, 0.29) is 12.0 Å². The molecule has 0 bridgehead atoms. The summed E-state index contributed by atoms with van der Waals surface area (Å²) in [6.07, 6.45) is 1.38. The zero-order chi connectivity index (χ0) is 18.5. The van der Waals surface area contributed by atoms with Gasteiger partial charge in [-0.25, -0.2) is 4.79 Å². The average Bonchev–Trinajstić information content (AvgIpc) is 2.68. The molecule has 10 heteroatoms. The minimum atomic E-state index is -0.275. The maximum atomic E-state index is 11.8. The highest BCUT2D eigenvalue weighted by molar-refractivity contribution is 5.73. The van der Waals surface area contributed by atoms with Gasteiger partial charge < -0.3 is 24.3 Å². The second-order valence-electron chi connectivity index (χ2n) is 6.28. The SMILES string of the molecule is CCOC(=O)N1CCN(c2nncc(N3CCN(C(C)=O)CC3)n2)CC1. The van der Waals surface area contributed by atoms with Crippen LogP contribution < -0.4 is 9.80 Å². The molecule has 1 aromatic heterocycles. The van der Waals surface area contributed by atoms with Gasteiger partial charge in [0.25, 0.3) is 0 Å². The summed E-state index contributed by atoms with van der Waals surface area (Å²) in [6, 6.07) is 0. The summed E-state index contributed by atoms with van der Waals surface area (Å²) in [5.74, 6) is 1.44. The predicted molar refractivity (Wildman–Crippen MR) is 95.1 cm³/mol. The first-order chi connectivity index (χ1) is 12.6. The average molecular weight is 363 g/mol. The molecule has 0 aliphatic carbocycles. The molecule has 0 atom stereocenters. The van der Waals surface area contributed by atoms with Gasteiger partial charge in [0.15, 0.2) is 5.82 Å². The Bertz CT molecular complexity index is 640. The molecule has 3 rings (SSSR count). The van der Waals surface area contributed by atoms with Crippen LogP contribution in [0.25, 0.3) is 0 Å². The van der Waals surface area contributed by atoms with Gasteiger partial charge >= 0.3 is 6.09 Å². The number of aromatic nitrogens is 3. The van der Waals surface area contributed by atoms with E-state index >= 15 is 0 Å². The molecule has 0 saturated carbocycles. The van der Waals surface area contributed by atoms with Crippen molar-refractivity contribution in [1.82, 2.24) is 25.0 Å². The molecule has 2 aliphatic rings. The van der Waals surface area contributed by atoms with Gasteiger partial charge in [-0.2, -0.15) is 10.1 Å². The quantitative estimate of drug-likeness (QED) is 0.730. The van der Waals surface area contributed by atoms with E-state index in [1.807, 2.05) is 9.80 Å². The van der Waals surface area contributed by atoms with Crippen molar-refractivity contribution in [3.8, 4) is 0 Å². The van der Waals surface area contributed by atoms with Crippen LogP contribution in [0.5, 0.6) is 0 Å². The first-order valence-electron chi connectivity index (χ1n) is 8.95. The van der Waals surface area contributed by atoms with E-state index < -0.39 is 0 Å². The van der Waals surface area contributed by atoms with Crippen molar-refractivity contribution in [2.75, 3.05) is 68.8 Å². The maximum absolute atomic E-state index is 11.8. The third kappa shape index (κ3) is 4.12. The highest BCUT2D eigenvalue weighted by atomic mass is 16.6. The minimum absolute atomic E-state index is 0.102. The fraction of sp³-hybridized carbons (Fsp3) is 0.688. The number of anilines is 2. The lowest BCUT2D eigenvalue weighted by atomic mass is 10.3. The van der Waals surface area contributed by atoms with Crippen molar-refractivity contribution in [2.45, 2.75) is 13.8 Å². The number of hydrogen-bond donors (Lipinski definition) is 0. The first kappa shape index (κ1) is 18.2. The fourth-order valence-corrected chi connectivity index (χ4v) is 3.13. The van der Waals surface area contributed by atoms with Crippen LogP contribution in [0.4, 0.5) is 16.6 Å². The van der Waals surface area contributed by atoms with Crippen LogP contribution in [0.1, 0.15) is 13.8 Å². The number of piperazine rings is 2. The predicted octanol–water partition coefficient (Wildman–Crippen LogP) is -0.181. The molecule has 0 N–H and O–H groups in total. The Morgan fingerprint density at radius 3 is 2.23 bits per heavy atom. The Kier molecular flexibility index (Phi) is 5.69. The van der Waals surface area contributed by atoms with E-state index in [4.69, 9.17) is 4.74 Å². The van der Waals surface area contributed by atoms with Gasteiger partial charge in [-0.1, -0.05) is 0 Å². The molecule has 2 amide bonds. The van der Waals surface area contributed by atoms with E-state index in [0.29, 0.717) is 51.8 Å². The van der Waals surface area contributed by atoms with Crippen LogP contribution in [0.15, 0.2) is 6.20 Å². The Hall–Kier alpha value is -2.65. The number of ether oxygens (including phenoxy) is 1. The van der Waals surface area contributed by atoms with Crippen molar-refractivity contribution in [3.05, 3.63) is 6.20 Å². The molecule has 2 aliphatic heterocycles. The number of hydrogen-bond acceptors (Lipinski definition) is 8. The molecular formula is C16H25N7O3. The molecule has 2 fully saturated rings. The van der Waals surface area contributed by atoms with Gasteiger partial charge in [0, 0.05) is 59.3 Å². The van der Waals surface area contributed by atoms with Crippen LogP contribution in [0, 0.1) is 0 Å². The molecule has 0 unspecified atom stereocenters. The molecule has 3 heterocycles. The maximum Gasteiger partial charge on any atom is 0.409 e. The van der Waals surface area contributed by atoms with E-state index in [1.54, 1.807) is 24.9 Å². The molecule has 142 valence electrons. The first-order valence-corrected chi connectivity index (χ1v) is 8.95. The number of nitrogens with zero attached hydrogens (tertiary/aromatic N) is 7. The summed E-state index contributed by atoms with van der Waals surface area (Å²) in [5.41, 5.74) is 0. The zero-order valence-electron chi connectivity index (χ0n) is 15.3. The Balaban J connectivity index is 1.58. The van der Waals surface area contributed by atoms with Gasteiger partial charge in [-0.3, -0.25) is 4.79 Å². The monoisotopic (exact) mass is 363 g/mol. The molecule has 1 aromatic rings. The lowest BCUT2D eigenvalue weighted by Crippen LogP contribution is -2.50. The third-order valence-corrected chi connectivity index (χ3v) is 4.67. The van der Waals surface area contributed by atoms with Gasteiger partial charge in [0.2, 0.25) is 11.9 Å². The number of rotatable bonds is 3. The van der Waals surface area contributed by atoms with Crippen molar-refractivity contribution < 1.29 is 14.3 Å². The number of carbonyl (C=O) groups is 2. The van der Waals surface area contributed by atoms with Gasteiger partial charge in [-0.05, 0) is 6.92 Å². The van der Waals surface area contributed by atoms with E-state index in [0.717, 1.165) is 18.9 Å². The summed E-state index contributed by atoms with van der Waals surface area (Å²) in [5, 5.41) is 8.24. The Labute approximate surface area is 152 Å². The fourth-order valence-electron chi connectivity index (χ4n) is 3.13. The summed E-state index contributed by atoms with van der Waals surface area (Å²) in [4.78, 5) is 35.5. The second kappa shape index (κ2) is 8.15. The topological polar surface area (TPSA) is 95.0 Å². The zero-order valence-corrected chi connectivity index (χ0v) is 15.3. The molecule has 0 aromatic carbocycles. The largest absolute Gasteiger partial charge is 0.450 e. The Morgan fingerprint density at radius 2 is 1.62 bits per heavy atom. The van der Waals surface area contributed by atoms with Crippen molar-refractivity contribution in [1.29, 1.82) is 0 Å². The second-order valence-corrected chi connectivity index (χ2v) is 6.28. The summed E-state index contributed by atoms with van der Waals surface area (Å²) < 4.78 is 5.04. The number of carbonyl (C=O) groups excluding carboxylic acids is 2. The van der Waals surface area contributed by atoms with Crippen molar-refractivity contribution >= 4 is 23.8 Å². The molecule has 10 nitrogen and oxygen atoms in total. The third-order valence-electron chi connectivity index (χ3n) is 4.67. The lowest BCUT2D eigenvalue weighted by Gasteiger charge is -2.36. The molecular weight excluding hydrogens is 338 g/mol. The van der Waals surface area contributed by atoms with Crippen LogP contribution in [-0.4, -0.2) is 95.9 Å².